The summed E-state index contributed by atoms with van der Waals surface area (Å²) in [5, 5.41) is 29.5. The van der Waals surface area contributed by atoms with Crippen LogP contribution in [0.4, 0.5) is 0 Å². The fourth-order valence-electron chi connectivity index (χ4n) is 4.57. The minimum Gasteiger partial charge on any atom is -0.508 e. The van der Waals surface area contributed by atoms with Gasteiger partial charge in [0, 0.05) is 12.2 Å². The number of aromatic hydroxyl groups is 1. The molecule has 0 aromatic heterocycles. The SMILES string of the molecule is CCCCCCC(C)(C)c1ccc([C@@H]2CC(C(=O)O)=CC[C@H]2CCCO)c(O)c1. The van der Waals surface area contributed by atoms with Gasteiger partial charge in [-0.2, -0.15) is 0 Å². The third-order valence-electron chi connectivity index (χ3n) is 6.55. The monoisotopic (exact) mass is 402 g/mol. The highest BCUT2D eigenvalue weighted by Crippen LogP contribution is 2.44. The number of hydrogen-bond donors (Lipinski definition) is 3. The highest BCUT2D eigenvalue weighted by molar-refractivity contribution is 5.87. The largest absolute Gasteiger partial charge is 0.508 e. The second kappa shape index (κ2) is 10.8. The van der Waals surface area contributed by atoms with Crippen LogP contribution in [0.15, 0.2) is 29.8 Å². The first-order valence-corrected chi connectivity index (χ1v) is 11.2. The van der Waals surface area contributed by atoms with Crippen LogP contribution in [0, 0.1) is 5.92 Å². The third kappa shape index (κ3) is 6.33. The van der Waals surface area contributed by atoms with Gasteiger partial charge in [-0.15, -0.1) is 0 Å². The van der Waals surface area contributed by atoms with E-state index < -0.39 is 5.97 Å². The van der Waals surface area contributed by atoms with E-state index >= 15 is 0 Å². The van der Waals surface area contributed by atoms with Crippen molar-refractivity contribution in [1.82, 2.24) is 0 Å². The predicted octanol–water partition coefficient (Wildman–Crippen LogP) is 5.92. The molecule has 0 fully saturated rings. The van der Waals surface area contributed by atoms with Gasteiger partial charge in [0.05, 0.1) is 0 Å². The molecule has 0 radical (unpaired) electrons. The summed E-state index contributed by atoms with van der Waals surface area (Å²) in [6.07, 6.45) is 10.4. The Morgan fingerprint density at radius 1 is 1.17 bits per heavy atom. The van der Waals surface area contributed by atoms with Crippen molar-refractivity contribution >= 4 is 5.97 Å². The number of hydrogen-bond acceptors (Lipinski definition) is 3. The molecular formula is C25H38O4. The molecule has 1 aliphatic rings. The summed E-state index contributed by atoms with van der Waals surface area (Å²) in [4.78, 5) is 11.5. The van der Waals surface area contributed by atoms with Gasteiger partial charge in [-0.25, -0.2) is 4.79 Å². The van der Waals surface area contributed by atoms with Gasteiger partial charge < -0.3 is 15.3 Å². The molecular weight excluding hydrogens is 364 g/mol. The van der Waals surface area contributed by atoms with Crippen molar-refractivity contribution in [2.75, 3.05) is 6.61 Å². The summed E-state index contributed by atoms with van der Waals surface area (Å²) in [5.41, 5.74) is 2.39. The Morgan fingerprint density at radius 3 is 2.55 bits per heavy atom. The van der Waals surface area contributed by atoms with Gasteiger partial charge in [-0.1, -0.05) is 64.7 Å². The number of carboxylic acids is 1. The van der Waals surface area contributed by atoms with Gasteiger partial charge in [0.15, 0.2) is 0 Å². The number of benzene rings is 1. The van der Waals surface area contributed by atoms with Crippen LogP contribution >= 0.6 is 0 Å². The molecule has 0 unspecified atom stereocenters. The second-order valence-corrected chi connectivity index (χ2v) is 9.17. The van der Waals surface area contributed by atoms with Crippen LogP contribution in [0.25, 0.3) is 0 Å². The fourth-order valence-corrected chi connectivity index (χ4v) is 4.57. The first-order valence-electron chi connectivity index (χ1n) is 11.2. The Hall–Kier alpha value is -1.81. The first kappa shape index (κ1) is 23.5. The highest BCUT2D eigenvalue weighted by Gasteiger charge is 2.31. The van der Waals surface area contributed by atoms with Crippen LogP contribution in [-0.4, -0.2) is 27.9 Å². The number of phenols is 1. The molecule has 0 amide bonds. The summed E-state index contributed by atoms with van der Waals surface area (Å²) < 4.78 is 0. The first-order chi connectivity index (χ1) is 13.8. The van der Waals surface area contributed by atoms with Gasteiger partial charge in [0.1, 0.15) is 5.75 Å². The number of aliphatic hydroxyl groups excluding tert-OH is 1. The molecule has 4 nitrogen and oxygen atoms in total. The Labute approximate surface area is 175 Å². The van der Waals surface area contributed by atoms with E-state index in [4.69, 9.17) is 0 Å². The summed E-state index contributed by atoms with van der Waals surface area (Å²) in [6, 6.07) is 5.99. The zero-order chi connectivity index (χ0) is 21.4. The quantitative estimate of drug-likeness (QED) is 0.402. The van der Waals surface area contributed by atoms with E-state index in [2.05, 4.69) is 26.8 Å². The zero-order valence-corrected chi connectivity index (χ0v) is 18.3. The number of rotatable bonds is 11. The number of allylic oxidation sites excluding steroid dienone is 1. The number of phenolic OH excluding ortho intramolecular Hbond substituents is 1. The van der Waals surface area contributed by atoms with Crippen molar-refractivity contribution in [2.45, 2.75) is 89.9 Å². The minimum absolute atomic E-state index is 0.00126. The number of carbonyl (C=O) groups is 1. The lowest BCUT2D eigenvalue weighted by molar-refractivity contribution is -0.133. The third-order valence-corrected chi connectivity index (χ3v) is 6.55. The Kier molecular flexibility index (Phi) is 8.76. The Balaban J connectivity index is 2.21. The lowest BCUT2D eigenvalue weighted by Gasteiger charge is -2.32. The molecule has 0 aliphatic heterocycles. The fraction of sp³-hybridized carbons (Fsp3) is 0.640. The van der Waals surface area contributed by atoms with Crippen LogP contribution in [0.5, 0.6) is 5.75 Å². The van der Waals surface area contributed by atoms with Crippen molar-refractivity contribution in [1.29, 1.82) is 0 Å². The normalized spacial score (nSPS) is 19.8. The van der Waals surface area contributed by atoms with E-state index in [1.807, 2.05) is 18.2 Å². The topological polar surface area (TPSA) is 77.8 Å². The average molecular weight is 403 g/mol. The highest BCUT2D eigenvalue weighted by atomic mass is 16.4. The van der Waals surface area contributed by atoms with Crippen LogP contribution in [0.2, 0.25) is 0 Å². The molecule has 0 bridgehead atoms. The van der Waals surface area contributed by atoms with Crippen LogP contribution in [0.1, 0.15) is 95.6 Å². The van der Waals surface area contributed by atoms with Crippen molar-refractivity contribution < 1.29 is 20.1 Å². The van der Waals surface area contributed by atoms with Crippen LogP contribution < -0.4 is 0 Å². The lowest BCUT2D eigenvalue weighted by Crippen LogP contribution is -2.22. The molecule has 4 heteroatoms. The van der Waals surface area contributed by atoms with Crippen molar-refractivity contribution in [2.24, 2.45) is 5.92 Å². The standard InChI is InChI=1S/C25H38O4/c1-4-5-6-7-14-25(2,3)20-12-13-21(23(27)17-20)22-16-19(24(28)29)11-10-18(22)9-8-15-26/h11-13,17-18,22,26-27H,4-10,14-16H2,1-3H3,(H,28,29)/t18-,22-/m1/s1. The van der Waals surface area contributed by atoms with Gasteiger partial charge in [-0.3, -0.25) is 0 Å². The number of aliphatic carboxylic acids is 1. The Morgan fingerprint density at radius 2 is 1.93 bits per heavy atom. The maximum atomic E-state index is 11.5. The van der Waals surface area contributed by atoms with Crippen molar-refractivity contribution in [3.05, 3.63) is 41.0 Å². The second-order valence-electron chi connectivity index (χ2n) is 9.17. The summed E-state index contributed by atoms with van der Waals surface area (Å²) in [7, 11) is 0. The minimum atomic E-state index is -0.875. The average Bonchev–Trinajstić information content (AvgIpc) is 2.69. The zero-order valence-electron chi connectivity index (χ0n) is 18.3. The molecule has 0 saturated heterocycles. The maximum Gasteiger partial charge on any atom is 0.331 e. The molecule has 1 aromatic carbocycles. The van der Waals surface area contributed by atoms with Gasteiger partial charge in [0.2, 0.25) is 0 Å². The molecule has 162 valence electrons. The predicted molar refractivity (Wildman–Crippen MR) is 117 cm³/mol. The van der Waals surface area contributed by atoms with E-state index in [1.54, 1.807) is 0 Å². The molecule has 3 N–H and O–H groups in total. The van der Waals surface area contributed by atoms with E-state index in [1.165, 1.54) is 25.7 Å². The number of carboxylic acid groups (broad SMARTS) is 1. The van der Waals surface area contributed by atoms with E-state index in [-0.39, 0.29) is 29.6 Å². The van der Waals surface area contributed by atoms with Crippen LogP contribution in [-0.2, 0) is 10.2 Å². The maximum absolute atomic E-state index is 11.5. The number of aliphatic hydroxyl groups is 1. The van der Waals surface area contributed by atoms with Gasteiger partial charge in [0.25, 0.3) is 0 Å². The number of unbranched alkanes of at least 4 members (excludes halogenated alkanes) is 3. The molecule has 0 heterocycles. The molecule has 2 rings (SSSR count). The molecule has 1 aliphatic carbocycles. The van der Waals surface area contributed by atoms with Crippen LogP contribution in [0.3, 0.4) is 0 Å². The molecule has 1 aromatic rings. The molecule has 0 saturated carbocycles. The smallest absolute Gasteiger partial charge is 0.331 e. The molecule has 29 heavy (non-hydrogen) atoms. The summed E-state index contributed by atoms with van der Waals surface area (Å²) in [6.45, 7) is 6.80. The van der Waals surface area contributed by atoms with Crippen molar-refractivity contribution in [3.63, 3.8) is 0 Å². The van der Waals surface area contributed by atoms with Gasteiger partial charge in [-0.05, 0) is 66.5 Å². The Bertz CT molecular complexity index is 705. The summed E-state index contributed by atoms with van der Waals surface area (Å²) in [5.74, 6) is -0.391. The molecule has 0 spiro atoms. The van der Waals surface area contributed by atoms with E-state index in [9.17, 15) is 20.1 Å². The van der Waals surface area contributed by atoms with E-state index in [0.29, 0.717) is 24.8 Å². The van der Waals surface area contributed by atoms with Crippen molar-refractivity contribution in [3.8, 4) is 5.75 Å². The molecule has 2 atom stereocenters. The van der Waals surface area contributed by atoms with Gasteiger partial charge >= 0.3 is 5.97 Å². The lowest BCUT2D eigenvalue weighted by atomic mass is 9.72. The summed E-state index contributed by atoms with van der Waals surface area (Å²) >= 11 is 0. The van der Waals surface area contributed by atoms with E-state index in [0.717, 1.165) is 24.0 Å².